The number of carboxylic acids is 1. The van der Waals surface area contributed by atoms with Gasteiger partial charge >= 0.3 is 5.97 Å². The van der Waals surface area contributed by atoms with Gasteiger partial charge in [-0.2, -0.15) is 0 Å². The normalized spacial score (nSPS) is 17.2. The lowest BCUT2D eigenvalue weighted by Crippen LogP contribution is -2.49. The standard InChI is InChI=1S/C13H24N2O3/c1-11(2)3-4-12(16)15-9-7-14(8-10-15)6-5-13(17)18/h11H,3-10H2,1-2H3,(H,17,18). The molecule has 1 saturated heterocycles. The van der Waals surface area contributed by atoms with Crippen molar-refractivity contribution in [1.82, 2.24) is 9.80 Å². The molecule has 1 heterocycles. The smallest absolute Gasteiger partial charge is 0.304 e. The van der Waals surface area contributed by atoms with Crippen molar-refractivity contribution in [3.63, 3.8) is 0 Å². The van der Waals surface area contributed by atoms with Crippen LogP contribution in [0.2, 0.25) is 0 Å². The zero-order valence-corrected chi connectivity index (χ0v) is 11.4. The molecule has 0 atom stereocenters. The lowest BCUT2D eigenvalue weighted by Gasteiger charge is -2.34. The maximum absolute atomic E-state index is 11.9. The predicted octanol–water partition coefficient (Wildman–Crippen LogP) is 1.04. The number of rotatable bonds is 6. The van der Waals surface area contributed by atoms with Gasteiger partial charge in [0.25, 0.3) is 0 Å². The van der Waals surface area contributed by atoms with Gasteiger partial charge in [0.2, 0.25) is 5.91 Å². The highest BCUT2D eigenvalue weighted by Gasteiger charge is 2.20. The molecule has 0 aromatic carbocycles. The summed E-state index contributed by atoms with van der Waals surface area (Å²) in [4.78, 5) is 26.4. The van der Waals surface area contributed by atoms with Crippen LogP contribution in [0, 0.1) is 5.92 Å². The van der Waals surface area contributed by atoms with Crippen LogP contribution in [0.5, 0.6) is 0 Å². The number of hydrogen-bond donors (Lipinski definition) is 1. The Hall–Kier alpha value is -1.10. The molecule has 1 fully saturated rings. The number of carboxylic acid groups (broad SMARTS) is 1. The van der Waals surface area contributed by atoms with Crippen molar-refractivity contribution < 1.29 is 14.7 Å². The molecule has 0 aromatic heterocycles. The molecule has 0 radical (unpaired) electrons. The van der Waals surface area contributed by atoms with Gasteiger partial charge in [0.15, 0.2) is 0 Å². The molecule has 0 bridgehead atoms. The molecule has 1 amide bonds. The SMILES string of the molecule is CC(C)CCC(=O)N1CCN(CCC(=O)O)CC1. The highest BCUT2D eigenvalue weighted by atomic mass is 16.4. The molecule has 5 nitrogen and oxygen atoms in total. The zero-order chi connectivity index (χ0) is 13.5. The quantitative estimate of drug-likeness (QED) is 0.771. The summed E-state index contributed by atoms with van der Waals surface area (Å²) in [5, 5.41) is 8.62. The van der Waals surface area contributed by atoms with Crippen LogP contribution in [0.25, 0.3) is 0 Å². The Balaban J connectivity index is 2.22. The Kier molecular flexibility index (Phi) is 6.12. The van der Waals surface area contributed by atoms with Crippen molar-refractivity contribution in [3.05, 3.63) is 0 Å². The second-order valence-corrected chi connectivity index (χ2v) is 5.30. The second-order valence-electron chi connectivity index (χ2n) is 5.30. The third-order valence-electron chi connectivity index (χ3n) is 3.30. The van der Waals surface area contributed by atoms with Gasteiger partial charge in [0.1, 0.15) is 0 Å². The highest BCUT2D eigenvalue weighted by Crippen LogP contribution is 2.09. The van der Waals surface area contributed by atoms with Crippen LogP contribution in [0.3, 0.4) is 0 Å². The van der Waals surface area contributed by atoms with E-state index in [1.807, 2.05) is 4.90 Å². The van der Waals surface area contributed by atoms with Gasteiger partial charge in [0.05, 0.1) is 6.42 Å². The minimum Gasteiger partial charge on any atom is -0.481 e. The lowest BCUT2D eigenvalue weighted by molar-refractivity contribution is -0.138. The maximum atomic E-state index is 11.9. The summed E-state index contributed by atoms with van der Waals surface area (Å²) in [6.45, 7) is 7.88. The summed E-state index contributed by atoms with van der Waals surface area (Å²) in [5.41, 5.74) is 0. The topological polar surface area (TPSA) is 60.9 Å². The van der Waals surface area contributed by atoms with E-state index in [1.54, 1.807) is 0 Å². The largest absolute Gasteiger partial charge is 0.481 e. The summed E-state index contributed by atoms with van der Waals surface area (Å²) in [6.07, 6.45) is 1.76. The molecule has 1 rings (SSSR count). The Labute approximate surface area is 109 Å². The molecule has 0 unspecified atom stereocenters. The molecule has 0 aliphatic carbocycles. The van der Waals surface area contributed by atoms with Crippen molar-refractivity contribution in [2.45, 2.75) is 33.1 Å². The van der Waals surface area contributed by atoms with E-state index in [9.17, 15) is 9.59 Å². The van der Waals surface area contributed by atoms with Gasteiger partial charge in [-0.05, 0) is 12.3 Å². The van der Waals surface area contributed by atoms with Crippen LogP contribution in [-0.2, 0) is 9.59 Å². The average Bonchev–Trinajstić information content (AvgIpc) is 2.34. The zero-order valence-electron chi connectivity index (χ0n) is 11.4. The van der Waals surface area contributed by atoms with E-state index in [0.29, 0.717) is 18.9 Å². The van der Waals surface area contributed by atoms with Gasteiger partial charge in [0, 0.05) is 39.1 Å². The molecule has 18 heavy (non-hydrogen) atoms. The minimum absolute atomic E-state index is 0.182. The number of carbonyl (C=O) groups is 2. The second kappa shape index (κ2) is 7.36. The first-order valence-corrected chi connectivity index (χ1v) is 6.71. The van der Waals surface area contributed by atoms with Crippen molar-refractivity contribution in [3.8, 4) is 0 Å². The van der Waals surface area contributed by atoms with Crippen molar-refractivity contribution >= 4 is 11.9 Å². The first kappa shape index (κ1) is 15.0. The first-order chi connectivity index (χ1) is 8.49. The minimum atomic E-state index is -0.759. The van der Waals surface area contributed by atoms with Crippen LogP contribution in [-0.4, -0.2) is 59.5 Å². The van der Waals surface area contributed by atoms with Gasteiger partial charge < -0.3 is 10.0 Å². The van der Waals surface area contributed by atoms with E-state index in [0.717, 1.165) is 32.6 Å². The highest BCUT2D eigenvalue weighted by molar-refractivity contribution is 5.76. The summed E-state index contributed by atoms with van der Waals surface area (Å²) >= 11 is 0. The van der Waals surface area contributed by atoms with E-state index in [4.69, 9.17) is 5.11 Å². The Bertz CT molecular complexity index is 284. The number of piperazine rings is 1. The van der Waals surface area contributed by atoms with Crippen molar-refractivity contribution in [2.24, 2.45) is 5.92 Å². The van der Waals surface area contributed by atoms with E-state index >= 15 is 0 Å². The number of amides is 1. The van der Waals surface area contributed by atoms with Gasteiger partial charge in [-0.25, -0.2) is 0 Å². The van der Waals surface area contributed by atoms with Gasteiger partial charge in [-0.15, -0.1) is 0 Å². The monoisotopic (exact) mass is 256 g/mol. The molecule has 1 N–H and O–H groups in total. The van der Waals surface area contributed by atoms with Gasteiger partial charge in [-0.3, -0.25) is 14.5 Å². The lowest BCUT2D eigenvalue weighted by atomic mass is 10.1. The fraction of sp³-hybridized carbons (Fsp3) is 0.846. The van der Waals surface area contributed by atoms with E-state index in [-0.39, 0.29) is 12.3 Å². The number of carbonyl (C=O) groups excluding carboxylic acids is 1. The molecule has 0 aromatic rings. The fourth-order valence-corrected chi connectivity index (χ4v) is 2.04. The summed E-state index contributed by atoms with van der Waals surface area (Å²) < 4.78 is 0. The fourth-order valence-electron chi connectivity index (χ4n) is 2.04. The number of nitrogens with zero attached hydrogens (tertiary/aromatic N) is 2. The van der Waals surface area contributed by atoms with E-state index < -0.39 is 5.97 Å². The van der Waals surface area contributed by atoms with Crippen LogP contribution in [0.15, 0.2) is 0 Å². The van der Waals surface area contributed by atoms with Crippen molar-refractivity contribution in [1.29, 1.82) is 0 Å². The first-order valence-electron chi connectivity index (χ1n) is 6.71. The molecule has 0 saturated carbocycles. The van der Waals surface area contributed by atoms with Crippen molar-refractivity contribution in [2.75, 3.05) is 32.7 Å². The molecule has 104 valence electrons. The van der Waals surface area contributed by atoms with Crippen LogP contribution >= 0.6 is 0 Å². The average molecular weight is 256 g/mol. The molecule has 0 spiro atoms. The van der Waals surface area contributed by atoms with Crippen LogP contribution in [0.1, 0.15) is 33.1 Å². The third kappa shape index (κ3) is 5.49. The van der Waals surface area contributed by atoms with Crippen LogP contribution < -0.4 is 0 Å². The molecule has 1 aliphatic heterocycles. The third-order valence-corrected chi connectivity index (χ3v) is 3.30. The molecule has 1 aliphatic rings. The summed E-state index contributed by atoms with van der Waals surface area (Å²) in [5.74, 6) is 0.0397. The van der Waals surface area contributed by atoms with Crippen LogP contribution in [0.4, 0.5) is 0 Å². The summed E-state index contributed by atoms with van der Waals surface area (Å²) in [7, 11) is 0. The number of aliphatic carboxylic acids is 1. The predicted molar refractivity (Wildman–Crippen MR) is 69.3 cm³/mol. The Morgan fingerprint density at radius 3 is 2.22 bits per heavy atom. The molecular weight excluding hydrogens is 232 g/mol. The Morgan fingerprint density at radius 2 is 1.72 bits per heavy atom. The van der Waals surface area contributed by atoms with Gasteiger partial charge in [-0.1, -0.05) is 13.8 Å². The van der Waals surface area contributed by atoms with E-state index in [1.165, 1.54) is 0 Å². The maximum Gasteiger partial charge on any atom is 0.304 e. The summed E-state index contributed by atoms with van der Waals surface area (Å²) in [6, 6.07) is 0. The molecular formula is C13H24N2O3. The Morgan fingerprint density at radius 1 is 1.11 bits per heavy atom. The van der Waals surface area contributed by atoms with E-state index in [2.05, 4.69) is 18.7 Å². The molecule has 5 heteroatoms. The number of hydrogen-bond acceptors (Lipinski definition) is 3.